The van der Waals surface area contributed by atoms with Crippen molar-refractivity contribution in [2.75, 3.05) is 0 Å². The predicted molar refractivity (Wildman–Crippen MR) is 72.5 cm³/mol. The lowest BCUT2D eigenvalue weighted by molar-refractivity contribution is 0.482. The zero-order valence-electron chi connectivity index (χ0n) is 10.0. The highest BCUT2D eigenvalue weighted by atomic mass is 16.3. The van der Waals surface area contributed by atoms with E-state index in [-0.39, 0.29) is 5.75 Å². The maximum atomic E-state index is 11.2. The van der Waals surface area contributed by atoms with E-state index in [0.717, 1.165) is 33.5 Å². The molecule has 0 atom stereocenters. The highest BCUT2D eigenvalue weighted by Gasteiger charge is 2.10. The van der Waals surface area contributed by atoms with Crippen LogP contribution in [-0.2, 0) is 11.2 Å². The molecule has 2 heteroatoms. The summed E-state index contributed by atoms with van der Waals surface area (Å²) < 4.78 is 0. The summed E-state index contributed by atoms with van der Waals surface area (Å²) in [6.07, 6.45) is 0.745. The van der Waals surface area contributed by atoms with Crippen LogP contribution in [0.15, 0.2) is 36.4 Å². The lowest BCUT2D eigenvalue weighted by atomic mass is 9.95. The van der Waals surface area contributed by atoms with Gasteiger partial charge >= 0.3 is 0 Å². The molecule has 3 aromatic rings. The Kier molecular flexibility index (Phi) is 2.32. The molecule has 0 unspecified atom stereocenters. The molecule has 0 heterocycles. The van der Waals surface area contributed by atoms with Crippen LogP contribution in [0, 0.1) is 0 Å². The number of benzene rings is 3. The van der Waals surface area contributed by atoms with Crippen molar-refractivity contribution in [1.82, 2.24) is 0 Å². The van der Waals surface area contributed by atoms with Crippen molar-refractivity contribution in [2.24, 2.45) is 0 Å². The van der Waals surface area contributed by atoms with Gasteiger partial charge in [0.15, 0.2) is 0 Å². The number of hydrogen-bond donors (Lipinski definition) is 1. The summed E-state index contributed by atoms with van der Waals surface area (Å²) >= 11 is 0. The minimum absolute atomic E-state index is 0.255. The molecule has 0 fully saturated rings. The molecule has 0 spiro atoms. The SMILES string of the molecule is CCc1cc2c(O)ccc3cccc(c1=C=O)c32. The van der Waals surface area contributed by atoms with Crippen LogP contribution < -0.4 is 5.22 Å². The van der Waals surface area contributed by atoms with Gasteiger partial charge in [-0.1, -0.05) is 31.2 Å². The van der Waals surface area contributed by atoms with Gasteiger partial charge in [-0.25, -0.2) is 4.79 Å². The number of aryl methyl sites for hydroxylation is 1. The Morgan fingerprint density at radius 2 is 2.00 bits per heavy atom. The third kappa shape index (κ3) is 1.33. The van der Waals surface area contributed by atoms with Gasteiger partial charge in [0.2, 0.25) is 0 Å². The lowest BCUT2D eigenvalue weighted by Crippen LogP contribution is -2.11. The standard InChI is InChI=1S/C16H12O2/c1-2-10-8-13-15(18)7-6-11-4-3-5-12(16(11)13)14(10)9-17/h3-8,18H,2H2,1H3. The molecule has 3 rings (SSSR count). The summed E-state index contributed by atoms with van der Waals surface area (Å²) in [6, 6.07) is 11.3. The van der Waals surface area contributed by atoms with Gasteiger partial charge in [0, 0.05) is 16.2 Å². The van der Waals surface area contributed by atoms with Gasteiger partial charge in [-0.3, -0.25) is 0 Å². The molecule has 3 aromatic carbocycles. The molecule has 0 aliphatic carbocycles. The van der Waals surface area contributed by atoms with Crippen LogP contribution in [0.3, 0.4) is 0 Å². The zero-order valence-corrected chi connectivity index (χ0v) is 10.0. The van der Waals surface area contributed by atoms with E-state index in [0.29, 0.717) is 5.22 Å². The van der Waals surface area contributed by atoms with Crippen molar-refractivity contribution in [1.29, 1.82) is 0 Å². The quantitative estimate of drug-likeness (QED) is 0.704. The second-order valence-corrected chi connectivity index (χ2v) is 4.40. The summed E-state index contributed by atoms with van der Waals surface area (Å²) in [5, 5.41) is 14.2. The Morgan fingerprint density at radius 1 is 1.17 bits per heavy atom. The maximum absolute atomic E-state index is 11.2. The minimum Gasteiger partial charge on any atom is -0.507 e. The first-order valence-electron chi connectivity index (χ1n) is 5.97. The molecule has 2 nitrogen and oxygen atoms in total. The summed E-state index contributed by atoms with van der Waals surface area (Å²) in [7, 11) is 0. The first-order valence-corrected chi connectivity index (χ1v) is 5.97. The fourth-order valence-corrected chi connectivity index (χ4v) is 2.57. The molecule has 0 radical (unpaired) electrons. The first-order chi connectivity index (χ1) is 8.76. The molecular formula is C16H12O2. The Balaban J connectivity index is 2.74. The largest absolute Gasteiger partial charge is 0.507 e. The molecule has 0 bridgehead atoms. The summed E-state index contributed by atoms with van der Waals surface area (Å²) in [5.74, 6) is 2.30. The molecule has 0 aromatic heterocycles. The molecule has 88 valence electrons. The molecule has 0 aliphatic rings. The molecule has 18 heavy (non-hydrogen) atoms. The predicted octanol–water partition coefficient (Wildman–Crippen LogP) is 2.48. The van der Waals surface area contributed by atoms with Crippen LogP contribution >= 0.6 is 0 Å². The van der Waals surface area contributed by atoms with E-state index >= 15 is 0 Å². The van der Waals surface area contributed by atoms with E-state index in [1.165, 1.54) is 0 Å². The van der Waals surface area contributed by atoms with Gasteiger partial charge < -0.3 is 5.11 Å². The van der Waals surface area contributed by atoms with Crippen molar-refractivity contribution >= 4 is 27.5 Å². The van der Waals surface area contributed by atoms with E-state index < -0.39 is 0 Å². The van der Waals surface area contributed by atoms with E-state index in [1.807, 2.05) is 43.2 Å². The van der Waals surface area contributed by atoms with Gasteiger partial charge in [-0.2, -0.15) is 0 Å². The highest BCUT2D eigenvalue weighted by molar-refractivity contribution is 6.13. The van der Waals surface area contributed by atoms with Crippen LogP contribution in [-0.4, -0.2) is 11.0 Å². The molecule has 0 aliphatic heterocycles. The average Bonchev–Trinajstić information content (AvgIpc) is 2.42. The topological polar surface area (TPSA) is 37.3 Å². The summed E-state index contributed by atoms with van der Waals surface area (Å²) in [5.41, 5.74) is 0.923. The highest BCUT2D eigenvalue weighted by Crippen LogP contribution is 2.31. The van der Waals surface area contributed by atoms with Gasteiger partial charge in [0.1, 0.15) is 11.7 Å². The van der Waals surface area contributed by atoms with Gasteiger partial charge in [-0.05, 0) is 29.5 Å². The normalized spacial score (nSPS) is 10.9. The first kappa shape index (κ1) is 10.8. The van der Waals surface area contributed by atoms with Crippen molar-refractivity contribution in [2.45, 2.75) is 13.3 Å². The molecule has 0 saturated carbocycles. The van der Waals surface area contributed by atoms with Crippen molar-refractivity contribution in [3.63, 3.8) is 0 Å². The second kappa shape index (κ2) is 3.86. The minimum atomic E-state index is 0.255. The number of rotatable bonds is 1. The third-order valence-corrected chi connectivity index (χ3v) is 3.45. The Hall–Kier alpha value is -2.31. The number of aromatic hydroxyl groups is 1. The van der Waals surface area contributed by atoms with Crippen molar-refractivity contribution in [3.8, 4) is 5.75 Å². The van der Waals surface area contributed by atoms with Gasteiger partial charge in [0.05, 0.1) is 5.22 Å². The summed E-state index contributed by atoms with van der Waals surface area (Å²) in [4.78, 5) is 11.2. The van der Waals surface area contributed by atoms with Gasteiger partial charge in [0.25, 0.3) is 0 Å². The fourth-order valence-electron chi connectivity index (χ4n) is 2.57. The van der Waals surface area contributed by atoms with Crippen molar-refractivity contribution in [3.05, 3.63) is 47.2 Å². The van der Waals surface area contributed by atoms with Crippen LogP contribution in [0.2, 0.25) is 0 Å². The number of phenolic OH excluding ortho intramolecular Hbond substituents is 1. The van der Waals surface area contributed by atoms with Crippen LogP contribution in [0.5, 0.6) is 5.75 Å². The number of hydrogen-bond acceptors (Lipinski definition) is 2. The Bertz CT molecular complexity index is 827. The molecule has 1 N–H and O–H groups in total. The maximum Gasteiger partial charge on any atom is 0.133 e. The van der Waals surface area contributed by atoms with Crippen molar-refractivity contribution < 1.29 is 9.90 Å². The fraction of sp³-hybridized carbons (Fsp3) is 0.125. The average molecular weight is 236 g/mol. The van der Waals surface area contributed by atoms with E-state index in [2.05, 4.69) is 0 Å². The van der Waals surface area contributed by atoms with E-state index in [4.69, 9.17) is 0 Å². The van der Waals surface area contributed by atoms with Crippen LogP contribution in [0.25, 0.3) is 21.5 Å². The van der Waals surface area contributed by atoms with Crippen LogP contribution in [0.4, 0.5) is 0 Å². The zero-order chi connectivity index (χ0) is 12.7. The number of carbonyl (C=O) groups excluding carboxylic acids is 1. The molecule has 0 saturated heterocycles. The Morgan fingerprint density at radius 3 is 2.72 bits per heavy atom. The van der Waals surface area contributed by atoms with Crippen LogP contribution in [0.1, 0.15) is 12.5 Å². The third-order valence-electron chi connectivity index (χ3n) is 3.45. The van der Waals surface area contributed by atoms with Gasteiger partial charge in [-0.15, -0.1) is 0 Å². The number of phenols is 1. The molecular weight excluding hydrogens is 224 g/mol. The second-order valence-electron chi connectivity index (χ2n) is 4.40. The lowest BCUT2D eigenvalue weighted by Gasteiger charge is -2.09. The van der Waals surface area contributed by atoms with E-state index in [1.54, 1.807) is 6.07 Å². The Labute approximate surface area is 104 Å². The monoisotopic (exact) mass is 236 g/mol. The van der Waals surface area contributed by atoms with E-state index in [9.17, 15) is 9.90 Å². The molecule has 0 amide bonds. The summed E-state index contributed by atoms with van der Waals surface area (Å²) in [6.45, 7) is 1.99. The smallest absolute Gasteiger partial charge is 0.133 e.